The number of aromatic nitrogens is 1. The van der Waals surface area contributed by atoms with Crippen LogP contribution in [-0.4, -0.2) is 11.1 Å². The molecular weight excluding hydrogens is 252 g/mol. The molecule has 2 N–H and O–H groups in total. The van der Waals surface area contributed by atoms with E-state index in [2.05, 4.69) is 51.8 Å². The molecule has 0 aliphatic heterocycles. The van der Waals surface area contributed by atoms with Gasteiger partial charge in [-0.15, -0.1) is 0 Å². The molecule has 1 heterocycles. The molecule has 0 saturated carbocycles. The van der Waals surface area contributed by atoms with E-state index < -0.39 is 0 Å². The van der Waals surface area contributed by atoms with Gasteiger partial charge >= 0.3 is 0 Å². The Hall–Kier alpha value is -0.800. The maximum Gasteiger partial charge on any atom is 0.0494 e. The first-order valence-corrected chi connectivity index (χ1v) is 5.96. The summed E-state index contributed by atoms with van der Waals surface area (Å²) in [6.07, 6.45) is 3.16. The molecule has 0 radical (unpaired) electrons. The van der Waals surface area contributed by atoms with Crippen LogP contribution in [-0.2, 0) is 6.54 Å². The Bertz CT molecular complexity index is 474. The fourth-order valence-electron chi connectivity index (χ4n) is 1.80. The quantitative estimate of drug-likeness (QED) is 0.910. The lowest BCUT2D eigenvalue weighted by Crippen LogP contribution is -2.04. The van der Waals surface area contributed by atoms with E-state index in [4.69, 9.17) is 5.73 Å². The summed E-state index contributed by atoms with van der Waals surface area (Å²) in [6.45, 7) is 3.85. The van der Waals surface area contributed by atoms with E-state index in [1.54, 1.807) is 0 Å². The van der Waals surface area contributed by atoms with Gasteiger partial charge in [-0.3, -0.25) is 0 Å². The van der Waals surface area contributed by atoms with Crippen LogP contribution in [0.25, 0.3) is 10.9 Å². The van der Waals surface area contributed by atoms with Gasteiger partial charge in [-0.2, -0.15) is 0 Å². The molecule has 0 saturated heterocycles. The van der Waals surface area contributed by atoms with E-state index in [9.17, 15) is 0 Å². The average molecular weight is 267 g/mol. The molecule has 1 aromatic heterocycles. The summed E-state index contributed by atoms with van der Waals surface area (Å²) in [6, 6.07) is 6.52. The third kappa shape index (κ3) is 2.08. The third-order valence-corrected chi connectivity index (χ3v) is 3.22. The first-order chi connectivity index (χ1) is 7.22. The highest BCUT2D eigenvalue weighted by molar-refractivity contribution is 9.10. The van der Waals surface area contributed by atoms with Crippen molar-refractivity contribution in [3.05, 3.63) is 34.4 Å². The normalized spacial score (nSPS) is 11.1. The summed E-state index contributed by atoms with van der Waals surface area (Å²) in [5.74, 6) is 0. The van der Waals surface area contributed by atoms with Crippen molar-refractivity contribution in [3.8, 4) is 0 Å². The fourth-order valence-corrected chi connectivity index (χ4v) is 2.39. The fraction of sp³-hybridized carbons (Fsp3) is 0.333. The molecule has 2 rings (SSSR count). The Balaban J connectivity index is 2.49. The number of rotatable bonds is 3. The molecule has 2 aromatic rings. The molecule has 0 bridgehead atoms. The van der Waals surface area contributed by atoms with Gasteiger partial charge in [0.1, 0.15) is 0 Å². The highest BCUT2D eigenvalue weighted by Crippen LogP contribution is 2.27. The summed E-state index contributed by atoms with van der Waals surface area (Å²) < 4.78 is 3.42. The van der Waals surface area contributed by atoms with Crippen LogP contribution in [0.15, 0.2) is 28.9 Å². The standard InChI is InChI=1S/C12H15BrN2/c1-9-3-4-10-11(13)8-15(6-2-5-14)12(10)7-9/h3-4,7-8H,2,5-6,14H2,1H3. The summed E-state index contributed by atoms with van der Waals surface area (Å²) >= 11 is 3.58. The van der Waals surface area contributed by atoms with Crippen LogP contribution in [0.2, 0.25) is 0 Å². The van der Waals surface area contributed by atoms with Crippen molar-refractivity contribution in [2.24, 2.45) is 5.73 Å². The van der Waals surface area contributed by atoms with Crippen LogP contribution in [0.5, 0.6) is 0 Å². The molecule has 2 nitrogen and oxygen atoms in total. The Labute approximate surface area is 98.2 Å². The maximum atomic E-state index is 5.53. The number of benzene rings is 1. The smallest absolute Gasteiger partial charge is 0.0494 e. The lowest BCUT2D eigenvalue weighted by Gasteiger charge is -2.04. The van der Waals surface area contributed by atoms with Gasteiger partial charge in [-0.05, 0) is 47.4 Å². The average Bonchev–Trinajstić information content (AvgIpc) is 2.52. The molecule has 0 fully saturated rings. The van der Waals surface area contributed by atoms with Gasteiger partial charge < -0.3 is 10.3 Å². The molecule has 3 heteroatoms. The van der Waals surface area contributed by atoms with Crippen molar-refractivity contribution in [2.75, 3.05) is 6.54 Å². The van der Waals surface area contributed by atoms with Crippen molar-refractivity contribution < 1.29 is 0 Å². The number of nitrogens with zero attached hydrogens (tertiary/aromatic N) is 1. The predicted molar refractivity (Wildman–Crippen MR) is 68.0 cm³/mol. The van der Waals surface area contributed by atoms with Gasteiger partial charge in [-0.1, -0.05) is 12.1 Å². The second-order valence-electron chi connectivity index (χ2n) is 3.83. The van der Waals surface area contributed by atoms with Gasteiger partial charge in [0, 0.05) is 28.1 Å². The number of halogens is 1. The van der Waals surface area contributed by atoms with E-state index in [1.807, 2.05) is 0 Å². The molecule has 0 aliphatic rings. The lowest BCUT2D eigenvalue weighted by molar-refractivity contribution is 0.670. The molecule has 15 heavy (non-hydrogen) atoms. The van der Waals surface area contributed by atoms with Crippen molar-refractivity contribution in [2.45, 2.75) is 19.9 Å². The summed E-state index contributed by atoms with van der Waals surface area (Å²) in [7, 11) is 0. The van der Waals surface area contributed by atoms with Crippen LogP contribution in [0.4, 0.5) is 0 Å². The predicted octanol–water partition coefficient (Wildman–Crippen LogP) is 3.06. The van der Waals surface area contributed by atoms with Gasteiger partial charge in [0.05, 0.1) is 0 Å². The van der Waals surface area contributed by atoms with Crippen molar-refractivity contribution >= 4 is 26.8 Å². The summed E-state index contributed by atoms with van der Waals surface area (Å²) in [4.78, 5) is 0. The van der Waals surface area contributed by atoms with Crippen molar-refractivity contribution in [1.29, 1.82) is 0 Å². The van der Waals surface area contributed by atoms with Crippen LogP contribution >= 0.6 is 15.9 Å². The summed E-state index contributed by atoms with van der Waals surface area (Å²) in [5, 5.41) is 1.28. The number of hydrogen-bond donors (Lipinski definition) is 1. The lowest BCUT2D eigenvalue weighted by atomic mass is 10.2. The zero-order valence-corrected chi connectivity index (χ0v) is 10.4. The van der Waals surface area contributed by atoms with Gasteiger partial charge in [0.25, 0.3) is 0 Å². The van der Waals surface area contributed by atoms with Crippen molar-refractivity contribution in [3.63, 3.8) is 0 Å². The number of hydrogen-bond acceptors (Lipinski definition) is 1. The molecule has 0 amide bonds. The van der Waals surface area contributed by atoms with Crippen molar-refractivity contribution in [1.82, 2.24) is 4.57 Å². The van der Waals surface area contributed by atoms with Crippen LogP contribution in [0.3, 0.4) is 0 Å². The first kappa shape index (κ1) is 10.7. The Morgan fingerprint density at radius 2 is 2.20 bits per heavy atom. The minimum Gasteiger partial charge on any atom is -0.346 e. The molecule has 0 unspecified atom stereocenters. The summed E-state index contributed by atoms with van der Waals surface area (Å²) in [5.41, 5.74) is 8.11. The molecule has 80 valence electrons. The highest BCUT2D eigenvalue weighted by atomic mass is 79.9. The van der Waals surface area contributed by atoms with Gasteiger partial charge in [-0.25, -0.2) is 0 Å². The molecule has 0 spiro atoms. The van der Waals surface area contributed by atoms with Crippen LogP contribution in [0, 0.1) is 6.92 Å². The van der Waals surface area contributed by atoms with Crippen LogP contribution < -0.4 is 5.73 Å². The van der Waals surface area contributed by atoms with Gasteiger partial charge in [0.15, 0.2) is 0 Å². The van der Waals surface area contributed by atoms with E-state index in [-0.39, 0.29) is 0 Å². The zero-order chi connectivity index (χ0) is 10.8. The topological polar surface area (TPSA) is 30.9 Å². The monoisotopic (exact) mass is 266 g/mol. The Kier molecular flexibility index (Phi) is 3.12. The number of aryl methyl sites for hydroxylation is 2. The van der Waals surface area contributed by atoms with E-state index in [0.29, 0.717) is 0 Å². The molecular formula is C12H15BrN2. The van der Waals surface area contributed by atoms with Crippen LogP contribution in [0.1, 0.15) is 12.0 Å². The minimum absolute atomic E-state index is 0.739. The number of nitrogens with two attached hydrogens (primary N) is 1. The van der Waals surface area contributed by atoms with E-state index in [0.717, 1.165) is 24.0 Å². The third-order valence-electron chi connectivity index (χ3n) is 2.59. The number of fused-ring (bicyclic) bond motifs is 1. The minimum atomic E-state index is 0.739. The second-order valence-corrected chi connectivity index (χ2v) is 4.69. The van der Waals surface area contributed by atoms with Gasteiger partial charge in [0.2, 0.25) is 0 Å². The first-order valence-electron chi connectivity index (χ1n) is 5.17. The zero-order valence-electron chi connectivity index (χ0n) is 8.83. The second kappa shape index (κ2) is 4.37. The molecule has 1 aromatic carbocycles. The molecule has 0 atom stereocenters. The Morgan fingerprint density at radius 3 is 2.93 bits per heavy atom. The maximum absolute atomic E-state index is 5.53. The van der Waals surface area contributed by atoms with E-state index in [1.165, 1.54) is 16.5 Å². The Morgan fingerprint density at radius 1 is 1.40 bits per heavy atom. The SMILES string of the molecule is Cc1ccc2c(Br)cn(CCCN)c2c1. The largest absolute Gasteiger partial charge is 0.346 e. The molecule has 0 aliphatic carbocycles. The van der Waals surface area contributed by atoms with E-state index >= 15 is 0 Å². The highest BCUT2D eigenvalue weighted by Gasteiger charge is 2.05.